The van der Waals surface area contributed by atoms with E-state index in [1.807, 2.05) is 67.3 Å². The number of carbonyl (C=O) groups excluding carboxylic acids is 1. The van der Waals surface area contributed by atoms with E-state index in [4.69, 9.17) is 5.10 Å². The predicted molar refractivity (Wildman–Crippen MR) is 115 cm³/mol. The molecular formula is C22H24N6O. The normalized spacial score (nSPS) is 11.2. The monoisotopic (exact) mass is 388 g/mol. The molecule has 0 atom stereocenters. The van der Waals surface area contributed by atoms with Gasteiger partial charge in [0.15, 0.2) is 0 Å². The van der Waals surface area contributed by atoms with Gasteiger partial charge in [0.1, 0.15) is 11.3 Å². The van der Waals surface area contributed by atoms with Crippen LogP contribution in [0.25, 0.3) is 28.0 Å². The number of amides is 2. The van der Waals surface area contributed by atoms with E-state index in [0.717, 1.165) is 40.2 Å². The van der Waals surface area contributed by atoms with Gasteiger partial charge < -0.3 is 10.6 Å². The zero-order valence-electron chi connectivity index (χ0n) is 16.8. The number of aryl methyl sites for hydroxylation is 1. The molecule has 7 heteroatoms. The van der Waals surface area contributed by atoms with Gasteiger partial charge in [-0.1, -0.05) is 12.1 Å². The average Bonchev–Trinajstić information content (AvgIpc) is 3.31. The summed E-state index contributed by atoms with van der Waals surface area (Å²) in [5, 5.41) is 11.5. The number of aromatic nitrogens is 4. The van der Waals surface area contributed by atoms with E-state index < -0.39 is 0 Å². The second kappa shape index (κ2) is 7.79. The van der Waals surface area contributed by atoms with Gasteiger partial charge >= 0.3 is 6.03 Å². The molecule has 3 heterocycles. The summed E-state index contributed by atoms with van der Waals surface area (Å²) in [6.07, 6.45) is 5.85. The summed E-state index contributed by atoms with van der Waals surface area (Å²) in [4.78, 5) is 16.4. The predicted octanol–water partition coefficient (Wildman–Crippen LogP) is 4.44. The third-order valence-electron chi connectivity index (χ3n) is 4.61. The lowest BCUT2D eigenvalue weighted by Gasteiger charge is -2.10. The quantitative estimate of drug-likeness (QED) is 0.531. The van der Waals surface area contributed by atoms with E-state index in [2.05, 4.69) is 33.2 Å². The fraction of sp³-hybridized carbons (Fsp3) is 0.227. The Morgan fingerprint density at radius 3 is 2.66 bits per heavy atom. The van der Waals surface area contributed by atoms with Gasteiger partial charge in [-0.15, -0.1) is 0 Å². The second-order valence-electron chi connectivity index (χ2n) is 7.15. The minimum Gasteiger partial charge on any atom is -0.336 e. The minimum atomic E-state index is -0.214. The lowest BCUT2D eigenvalue weighted by Crippen LogP contribution is -2.34. The Labute approximate surface area is 169 Å². The van der Waals surface area contributed by atoms with Crippen molar-refractivity contribution in [1.82, 2.24) is 24.6 Å². The van der Waals surface area contributed by atoms with Crippen molar-refractivity contribution < 1.29 is 4.79 Å². The Balaban J connectivity index is 1.69. The van der Waals surface area contributed by atoms with Crippen molar-refractivity contribution in [2.24, 2.45) is 0 Å². The molecule has 29 heavy (non-hydrogen) atoms. The molecule has 7 nitrogen and oxygen atoms in total. The van der Waals surface area contributed by atoms with Crippen molar-refractivity contribution in [2.75, 3.05) is 5.32 Å². The van der Waals surface area contributed by atoms with Gasteiger partial charge in [0.25, 0.3) is 0 Å². The topological polar surface area (TPSA) is 76.8 Å². The van der Waals surface area contributed by atoms with Gasteiger partial charge in [0, 0.05) is 47.8 Å². The molecular weight excluding hydrogens is 364 g/mol. The van der Waals surface area contributed by atoms with E-state index in [1.165, 1.54) is 0 Å². The molecule has 0 aliphatic rings. The van der Waals surface area contributed by atoms with Gasteiger partial charge in [0.05, 0.1) is 5.69 Å². The maximum absolute atomic E-state index is 11.9. The molecule has 0 spiro atoms. The molecule has 0 aliphatic carbocycles. The summed E-state index contributed by atoms with van der Waals surface area (Å²) in [7, 11) is 0. The summed E-state index contributed by atoms with van der Waals surface area (Å²) >= 11 is 0. The number of rotatable bonds is 5. The number of pyridine rings is 1. The number of hydrogen-bond acceptors (Lipinski definition) is 3. The average molecular weight is 388 g/mol. The number of benzene rings is 1. The minimum absolute atomic E-state index is 0.0832. The highest BCUT2D eigenvalue weighted by Gasteiger charge is 2.15. The van der Waals surface area contributed by atoms with Crippen LogP contribution in [0.4, 0.5) is 10.5 Å². The summed E-state index contributed by atoms with van der Waals surface area (Å²) in [6, 6.07) is 13.6. The van der Waals surface area contributed by atoms with Crippen LogP contribution < -0.4 is 10.6 Å². The number of anilines is 1. The van der Waals surface area contributed by atoms with Gasteiger partial charge in [-0.2, -0.15) is 5.10 Å². The molecule has 0 bridgehead atoms. The summed E-state index contributed by atoms with van der Waals surface area (Å²) in [5.74, 6) is 0. The van der Waals surface area contributed by atoms with E-state index in [9.17, 15) is 4.79 Å². The maximum Gasteiger partial charge on any atom is 0.319 e. The molecule has 0 aliphatic heterocycles. The molecule has 0 radical (unpaired) electrons. The van der Waals surface area contributed by atoms with Crippen molar-refractivity contribution in [3.8, 4) is 16.9 Å². The third-order valence-corrected chi connectivity index (χ3v) is 4.61. The maximum atomic E-state index is 11.9. The fourth-order valence-electron chi connectivity index (χ4n) is 3.26. The Hall–Kier alpha value is -3.61. The van der Waals surface area contributed by atoms with Crippen LogP contribution in [-0.4, -0.2) is 31.4 Å². The van der Waals surface area contributed by atoms with Crippen molar-refractivity contribution in [3.63, 3.8) is 0 Å². The fourth-order valence-corrected chi connectivity index (χ4v) is 3.26. The summed E-state index contributed by atoms with van der Waals surface area (Å²) in [6.45, 7) is 6.68. The van der Waals surface area contributed by atoms with Crippen molar-refractivity contribution in [3.05, 3.63) is 61.1 Å². The van der Waals surface area contributed by atoms with E-state index in [1.54, 1.807) is 6.20 Å². The second-order valence-corrected chi connectivity index (χ2v) is 7.15. The first-order valence-electron chi connectivity index (χ1n) is 9.73. The van der Waals surface area contributed by atoms with Crippen LogP contribution in [0, 0.1) is 0 Å². The van der Waals surface area contributed by atoms with Crippen LogP contribution in [0.15, 0.2) is 61.1 Å². The SMILES string of the molecule is CCn1cc(-n2ccc3cccnc32)c(-c2ccc(NC(=O)NC(C)C)cc2)n1. The van der Waals surface area contributed by atoms with Crippen LogP contribution in [-0.2, 0) is 6.54 Å². The Bertz CT molecular complexity index is 1140. The summed E-state index contributed by atoms with van der Waals surface area (Å²) < 4.78 is 3.98. The van der Waals surface area contributed by atoms with Gasteiger partial charge in [-0.25, -0.2) is 9.78 Å². The number of nitrogens with one attached hydrogen (secondary N) is 2. The Morgan fingerprint density at radius 1 is 1.14 bits per heavy atom. The van der Waals surface area contributed by atoms with Crippen LogP contribution in [0.5, 0.6) is 0 Å². The molecule has 2 amide bonds. The lowest BCUT2D eigenvalue weighted by molar-refractivity contribution is 0.250. The standard InChI is InChI=1S/C22H24N6O/c1-4-27-14-19(28-13-11-17-6-5-12-23-21(17)28)20(26-27)16-7-9-18(10-8-16)25-22(29)24-15(2)3/h5-15H,4H2,1-3H3,(H2,24,25,29). The van der Waals surface area contributed by atoms with Gasteiger partial charge in [-0.05, 0) is 51.1 Å². The zero-order valence-corrected chi connectivity index (χ0v) is 16.8. The largest absolute Gasteiger partial charge is 0.336 e. The number of urea groups is 1. The smallest absolute Gasteiger partial charge is 0.319 e. The molecule has 0 saturated carbocycles. The molecule has 0 fully saturated rings. The first-order chi connectivity index (χ1) is 14.0. The molecule has 3 aromatic heterocycles. The molecule has 0 saturated heterocycles. The van der Waals surface area contributed by atoms with Crippen LogP contribution >= 0.6 is 0 Å². The zero-order chi connectivity index (χ0) is 20.4. The van der Waals surface area contributed by atoms with E-state index in [-0.39, 0.29) is 12.1 Å². The number of fused-ring (bicyclic) bond motifs is 1. The molecule has 4 aromatic rings. The van der Waals surface area contributed by atoms with Crippen LogP contribution in [0.2, 0.25) is 0 Å². The molecule has 148 valence electrons. The molecule has 0 unspecified atom stereocenters. The van der Waals surface area contributed by atoms with E-state index in [0.29, 0.717) is 0 Å². The molecule has 2 N–H and O–H groups in total. The van der Waals surface area contributed by atoms with Gasteiger partial charge in [-0.3, -0.25) is 9.25 Å². The number of nitrogens with zero attached hydrogens (tertiary/aromatic N) is 4. The number of carbonyl (C=O) groups is 1. The van der Waals surface area contributed by atoms with Crippen LogP contribution in [0.1, 0.15) is 20.8 Å². The Morgan fingerprint density at radius 2 is 1.93 bits per heavy atom. The number of hydrogen-bond donors (Lipinski definition) is 2. The van der Waals surface area contributed by atoms with Crippen molar-refractivity contribution in [2.45, 2.75) is 33.4 Å². The third kappa shape index (κ3) is 3.85. The van der Waals surface area contributed by atoms with Crippen LogP contribution in [0.3, 0.4) is 0 Å². The summed E-state index contributed by atoms with van der Waals surface area (Å²) in [5.41, 5.74) is 4.44. The van der Waals surface area contributed by atoms with Crippen molar-refractivity contribution >= 4 is 22.8 Å². The highest BCUT2D eigenvalue weighted by atomic mass is 16.2. The Kier molecular flexibility index (Phi) is 5.03. The molecule has 4 rings (SSSR count). The van der Waals surface area contributed by atoms with E-state index >= 15 is 0 Å². The highest BCUT2D eigenvalue weighted by Crippen LogP contribution is 2.29. The molecule has 1 aromatic carbocycles. The van der Waals surface area contributed by atoms with Crippen molar-refractivity contribution in [1.29, 1.82) is 0 Å². The first-order valence-corrected chi connectivity index (χ1v) is 9.73. The highest BCUT2D eigenvalue weighted by molar-refractivity contribution is 5.90. The van der Waals surface area contributed by atoms with Gasteiger partial charge in [0.2, 0.25) is 0 Å². The first kappa shape index (κ1) is 18.7. The lowest BCUT2D eigenvalue weighted by atomic mass is 10.1.